The van der Waals surface area contributed by atoms with Crippen molar-refractivity contribution in [1.82, 2.24) is 20.2 Å². The van der Waals surface area contributed by atoms with Gasteiger partial charge in [-0.05, 0) is 18.2 Å². The molecule has 136 valence electrons. The van der Waals surface area contributed by atoms with Gasteiger partial charge in [-0.25, -0.2) is 4.79 Å². The van der Waals surface area contributed by atoms with Crippen molar-refractivity contribution >= 4 is 39.3 Å². The lowest BCUT2D eigenvalue weighted by Gasteiger charge is -2.07. The summed E-state index contributed by atoms with van der Waals surface area (Å²) >= 11 is 0. The standard InChI is InChI=1S/C20H14N6O2/c27-20(25-16-11-23-26-19(16)15-10-21-7-8-22-15)24-12-5-6-14-13-3-1-2-4-17(13)28-18(14)9-12/h1-11H,(H,23,26)(H2,24,25,27). The lowest BCUT2D eigenvalue weighted by atomic mass is 10.1. The second-order valence-corrected chi connectivity index (χ2v) is 6.14. The van der Waals surface area contributed by atoms with Crippen LogP contribution >= 0.6 is 0 Å². The van der Waals surface area contributed by atoms with E-state index in [1.807, 2.05) is 36.4 Å². The molecule has 2 aromatic carbocycles. The first-order valence-corrected chi connectivity index (χ1v) is 8.57. The van der Waals surface area contributed by atoms with Gasteiger partial charge in [-0.1, -0.05) is 18.2 Å². The first-order valence-electron chi connectivity index (χ1n) is 8.57. The Morgan fingerprint density at radius 1 is 0.964 bits per heavy atom. The van der Waals surface area contributed by atoms with E-state index < -0.39 is 6.03 Å². The minimum Gasteiger partial charge on any atom is -0.456 e. The zero-order chi connectivity index (χ0) is 18.9. The van der Waals surface area contributed by atoms with E-state index in [2.05, 4.69) is 30.8 Å². The van der Waals surface area contributed by atoms with Crippen LogP contribution in [0.2, 0.25) is 0 Å². The highest BCUT2D eigenvalue weighted by Gasteiger charge is 2.13. The first kappa shape index (κ1) is 16.0. The number of hydrogen-bond donors (Lipinski definition) is 3. The van der Waals surface area contributed by atoms with Gasteiger partial charge in [0.15, 0.2) is 0 Å². The van der Waals surface area contributed by atoms with Crippen LogP contribution in [0.4, 0.5) is 16.2 Å². The number of nitrogens with one attached hydrogen (secondary N) is 3. The minimum absolute atomic E-state index is 0.401. The Morgan fingerprint density at radius 2 is 1.86 bits per heavy atom. The van der Waals surface area contributed by atoms with Crippen molar-refractivity contribution in [2.45, 2.75) is 0 Å². The Kier molecular flexibility index (Phi) is 3.72. The average molecular weight is 370 g/mol. The lowest BCUT2D eigenvalue weighted by molar-refractivity contribution is 0.262. The van der Waals surface area contributed by atoms with Gasteiger partial charge < -0.3 is 15.1 Å². The molecule has 3 N–H and O–H groups in total. The van der Waals surface area contributed by atoms with Crippen molar-refractivity contribution in [1.29, 1.82) is 0 Å². The number of aromatic amines is 1. The number of carbonyl (C=O) groups excluding carboxylic acids is 1. The number of furan rings is 1. The molecule has 8 heteroatoms. The van der Waals surface area contributed by atoms with Gasteiger partial charge >= 0.3 is 6.03 Å². The molecule has 0 aliphatic carbocycles. The molecule has 0 aliphatic rings. The van der Waals surface area contributed by atoms with Crippen molar-refractivity contribution in [2.75, 3.05) is 10.6 Å². The van der Waals surface area contributed by atoms with Crippen LogP contribution in [0.15, 0.2) is 71.7 Å². The van der Waals surface area contributed by atoms with E-state index in [9.17, 15) is 4.79 Å². The quantitative estimate of drug-likeness (QED) is 0.436. The summed E-state index contributed by atoms with van der Waals surface area (Å²) in [6, 6.07) is 13.0. The Balaban J connectivity index is 1.38. The predicted octanol–water partition coefficient (Wildman–Crippen LogP) is 4.41. The highest BCUT2D eigenvalue weighted by atomic mass is 16.3. The number of fused-ring (bicyclic) bond motifs is 3. The van der Waals surface area contributed by atoms with Gasteiger partial charge in [-0.2, -0.15) is 5.10 Å². The van der Waals surface area contributed by atoms with E-state index in [0.29, 0.717) is 28.3 Å². The van der Waals surface area contributed by atoms with Gasteiger partial charge in [0.25, 0.3) is 0 Å². The zero-order valence-corrected chi connectivity index (χ0v) is 14.5. The molecule has 5 rings (SSSR count). The number of urea groups is 1. The summed E-state index contributed by atoms with van der Waals surface area (Å²) in [4.78, 5) is 20.7. The fourth-order valence-corrected chi connectivity index (χ4v) is 3.09. The molecule has 0 bridgehead atoms. The Morgan fingerprint density at radius 3 is 2.75 bits per heavy atom. The second kappa shape index (κ2) is 6.51. The molecule has 2 amide bonds. The third-order valence-electron chi connectivity index (χ3n) is 4.34. The van der Waals surface area contributed by atoms with Gasteiger partial charge in [0.05, 0.1) is 18.1 Å². The van der Waals surface area contributed by atoms with Crippen molar-refractivity contribution in [2.24, 2.45) is 0 Å². The molecule has 0 spiro atoms. The topological polar surface area (TPSA) is 109 Å². The van der Waals surface area contributed by atoms with E-state index >= 15 is 0 Å². The number of anilines is 2. The second-order valence-electron chi connectivity index (χ2n) is 6.14. The fraction of sp³-hybridized carbons (Fsp3) is 0. The smallest absolute Gasteiger partial charge is 0.323 e. The molecule has 0 saturated carbocycles. The van der Waals surface area contributed by atoms with Crippen LogP contribution in [-0.4, -0.2) is 26.2 Å². The average Bonchev–Trinajstić information content (AvgIpc) is 3.32. The predicted molar refractivity (Wildman–Crippen MR) is 106 cm³/mol. The lowest BCUT2D eigenvalue weighted by Crippen LogP contribution is -2.19. The van der Waals surface area contributed by atoms with Gasteiger partial charge in [-0.3, -0.25) is 15.1 Å². The van der Waals surface area contributed by atoms with Crippen LogP contribution in [0.3, 0.4) is 0 Å². The SMILES string of the molecule is O=C(Nc1ccc2c(c1)oc1ccccc12)Nc1cn[nH]c1-c1cnccn1. The van der Waals surface area contributed by atoms with Crippen LogP contribution in [0.25, 0.3) is 33.3 Å². The fourth-order valence-electron chi connectivity index (χ4n) is 3.09. The largest absolute Gasteiger partial charge is 0.456 e. The number of H-pyrrole nitrogens is 1. The van der Waals surface area contributed by atoms with Gasteiger partial charge in [-0.15, -0.1) is 0 Å². The van der Waals surface area contributed by atoms with E-state index in [1.165, 1.54) is 6.20 Å². The van der Waals surface area contributed by atoms with E-state index in [1.54, 1.807) is 24.7 Å². The molecule has 0 saturated heterocycles. The van der Waals surface area contributed by atoms with E-state index in [-0.39, 0.29) is 0 Å². The molecule has 0 aliphatic heterocycles. The van der Waals surface area contributed by atoms with Crippen molar-refractivity contribution in [3.8, 4) is 11.4 Å². The maximum Gasteiger partial charge on any atom is 0.323 e. The summed E-state index contributed by atoms with van der Waals surface area (Å²) in [6.07, 6.45) is 6.26. The normalized spacial score (nSPS) is 11.0. The van der Waals surface area contributed by atoms with Gasteiger partial charge in [0, 0.05) is 34.9 Å². The zero-order valence-electron chi connectivity index (χ0n) is 14.5. The number of rotatable bonds is 3. The Labute approximate surface area is 158 Å². The molecular formula is C20H14N6O2. The molecule has 3 aromatic heterocycles. The monoisotopic (exact) mass is 370 g/mol. The third-order valence-corrected chi connectivity index (χ3v) is 4.34. The summed E-state index contributed by atoms with van der Waals surface area (Å²) in [6.45, 7) is 0. The highest BCUT2D eigenvalue weighted by Crippen LogP contribution is 2.30. The van der Waals surface area contributed by atoms with Crippen LogP contribution < -0.4 is 10.6 Å². The number of hydrogen-bond acceptors (Lipinski definition) is 5. The summed E-state index contributed by atoms with van der Waals surface area (Å²) in [7, 11) is 0. The molecule has 8 nitrogen and oxygen atoms in total. The van der Waals surface area contributed by atoms with Gasteiger partial charge in [0.2, 0.25) is 0 Å². The molecular weight excluding hydrogens is 356 g/mol. The maximum atomic E-state index is 12.4. The summed E-state index contributed by atoms with van der Waals surface area (Å²) in [5.74, 6) is 0. The van der Waals surface area contributed by atoms with Crippen molar-refractivity contribution in [3.05, 3.63) is 67.3 Å². The van der Waals surface area contributed by atoms with Crippen molar-refractivity contribution in [3.63, 3.8) is 0 Å². The van der Waals surface area contributed by atoms with Crippen LogP contribution in [0.5, 0.6) is 0 Å². The molecule has 0 radical (unpaired) electrons. The van der Waals surface area contributed by atoms with E-state index in [4.69, 9.17) is 4.42 Å². The summed E-state index contributed by atoms with van der Waals surface area (Å²) in [5.41, 5.74) is 3.81. The Hall–Kier alpha value is -4.20. The summed E-state index contributed by atoms with van der Waals surface area (Å²) in [5, 5.41) is 14.4. The van der Waals surface area contributed by atoms with Crippen LogP contribution in [0, 0.1) is 0 Å². The molecule has 5 aromatic rings. The number of amides is 2. The highest BCUT2D eigenvalue weighted by molar-refractivity contribution is 6.07. The Bertz CT molecular complexity index is 1290. The van der Waals surface area contributed by atoms with Crippen LogP contribution in [-0.2, 0) is 0 Å². The summed E-state index contributed by atoms with van der Waals surface area (Å²) < 4.78 is 5.86. The third kappa shape index (κ3) is 2.82. The number of para-hydroxylation sites is 1. The van der Waals surface area contributed by atoms with E-state index in [0.717, 1.165) is 16.4 Å². The number of aromatic nitrogens is 4. The van der Waals surface area contributed by atoms with Crippen LogP contribution in [0.1, 0.15) is 0 Å². The number of nitrogens with zero attached hydrogens (tertiary/aromatic N) is 3. The molecule has 3 heterocycles. The molecule has 0 fully saturated rings. The van der Waals surface area contributed by atoms with Crippen molar-refractivity contribution < 1.29 is 9.21 Å². The number of benzene rings is 2. The minimum atomic E-state index is -0.401. The first-order chi connectivity index (χ1) is 13.8. The molecule has 28 heavy (non-hydrogen) atoms. The molecule has 0 unspecified atom stereocenters. The van der Waals surface area contributed by atoms with Gasteiger partial charge in [0.1, 0.15) is 22.6 Å². The molecule has 0 atom stereocenters. The number of carbonyl (C=O) groups is 1. The maximum absolute atomic E-state index is 12.4.